The molecule has 0 spiro atoms. The van der Waals surface area contributed by atoms with Crippen LogP contribution in [0.5, 0.6) is 11.5 Å². The third-order valence-electron chi connectivity index (χ3n) is 2.89. The molecular formula is C13H20N2O2. The molecule has 1 aromatic carbocycles. The summed E-state index contributed by atoms with van der Waals surface area (Å²) in [5, 5.41) is 6.82. The Balaban J connectivity index is 2.07. The summed E-state index contributed by atoms with van der Waals surface area (Å²) in [5.41, 5.74) is 1.08. The molecule has 17 heavy (non-hydrogen) atoms. The minimum absolute atomic E-state index is 0.512. The Bertz CT molecular complexity index is 362. The summed E-state index contributed by atoms with van der Waals surface area (Å²) in [4.78, 5) is 0. The molecule has 0 amide bonds. The van der Waals surface area contributed by atoms with Gasteiger partial charge < -0.3 is 20.1 Å². The van der Waals surface area contributed by atoms with E-state index in [-0.39, 0.29) is 0 Å². The van der Waals surface area contributed by atoms with Crippen LogP contribution in [-0.4, -0.2) is 32.8 Å². The molecule has 94 valence electrons. The fourth-order valence-corrected chi connectivity index (χ4v) is 2.05. The number of methoxy groups -OCH3 is 1. The highest BCUT2D eigenvalue weighted by atomic mass is 16.5. The average molecular weight is 236 g/mol. The second kappa shape index (κ2) is 5.77. The molecule has 0 saturated carbocycles. The Morgan fingerprint density at radius 1 is 1.41 bits per heavy atom. The monoisotopic (exact) mass is 236 g/mol. The Kier molecular flexibility index (Phi) is 4.09. The van der Waals surface area contributed by atoms with Crippen molar-refractivity contribution in [1.29, 1.82) is 0 Å². The lowest BCUT2D eigenvalue weighted by molar-refractivity contribution is 0.311. The van der Waals surface area contributed by atoms with Crippen molar-refractivity contribution < 1.29 is 9.47 Å². The summed E-state index contributed by atoms with van der Waals surface area (Å²) in [5.74, 6) is 1.58. The van der Waals surface area contributed by atoms with Crippen LogP contribution in [0.1, 0.15) is 13.3 Å². The first-order valence-corrected chi connectivity index (χ1v) is 6.11. The van der Waals surface area contributed by atoms with Gasteiger partial charge in [0.2, 0.25) is 0 Å². The van der Waals surface area contributed by atoms with Crippen LogP contribution in [0.2, 0.25) is 0 Å². The lowest BCUT2D eigenvalue weighted by Crippen LogP contribution is -2.22. The van der Waals surface area contributed by atoms with Gasteiger partial charge in [-0.15, -0.1) is 0 Å². The van der Waals surface area contributed by atoms with E-state index < -0.39 is 0 Å². The average Bonchev–Trinajstić information content (AvgIpc) is 2.84. The summed E-state index contributed by atoms with van der Waals surface area (Å²) in [6.45, 7) is 4.73. The van der Waals surface area contributed by atoms with Gasteiger partial charge >= 0.3 is 0 Å². The minimum atomic E-state index is 0.512. The van der Waals surface area contributed by atoms with Crippen LogP contribution in [0.4, 0.5) is 5.69 Å². The van der Waals surface area contributed by atoms with Crippen LogP contribution >= 0.6 is 0 Å². The lowest BCUT2D eigenvalue weighted by atomic mass is 10.2. The standard InChI is InChI=1S/C13H20N2O2/c1-3-17-12-5-4-10(8-13(12)16-2)15-11-6-7-14-9-11/h4-5,8,11,14-15H,3,6-7,9H2,1-2H3. The fourth-order valence-electron chi connectivity index (χ4n) is 2.05. The van der Waals surface area contributed by atoms with Crippen LogP contribution in [0.3, 0.4) is 0 Å². The minimum Gasteiger partial charge on any atom is -0.493 e. The normalized spacial score (nSPS) is 19.1. The molecule has 1 aromatic rings. The van der Waals surface area contributed by atoms with Crippen LogP contribution in [0.15, 0.2) is 18.2 Å². The second-order valence-electron chi connectivity index (χ2n) is 4.13. The van der Waals surface area contributed by atoms with Crippen LogP contribution < -0.4 is 20.1 Å². The summed E-state index contributed by atoms with van der Waals surface area (Å²) >= 11 is 0. The number of ether oxygens (including phenoxy) is 2. The van der Waals surface area contributed by atoms with Gasteiger partial charge in [0.1, 0.15) is 0 Å². The molecule has 1 saturated heterocycles. The first-order valence-electron chi connectivity index (χ1n) is 6.11. The van der Waals surface area contributed by atoms with Crippen LogP contribution in [0, 0.1) is 0 Å². The third-order valence-corrected chi connectivity index (χ3v) is 2.89. The predicted octanol–water partition coefficient (Wildman–Crippen LogP) is 1.87. The van der Waals surface area contributed by atoms with Gasteiger partial charge in [-0.25, -0.2) is 0 Å². The number of hydrogen-bond donors (Lipinski definition) is 2. The SMILES string of the molecule is CCOc1ccc(NC2CCNC2)cc1OC. The molecule has 1 heterocycles. The summed E-state index contributed by atoms with van der Waals surface area (Å²) in [7, 11) is 1.67. The van der Waals surface area contributed by atoms with E-state index in [1.54, 1.807) is 7.11 Å². The van der Waals surface area contributed by atoms with Crippen molar-refractivity contribution in [1.82, 2.24) is 5.32 Å². The first-order chi connectivity index (χ1) is 8.33. The van der Waals surface area contributed by atoms with E-state index in [0.29, 0.717) is 12.6 Å². The van der Waals surface area contributed by atoms with E-state index in [4.69, 9.17) is 9.47 Å². The Labute approximate surface area is 102 Å². The molecule has 0 aromatic heterocycles. The molecule has 1 atom stereocenters. The Hall–Kier alpha value is -1.42. The van der Waals surface area contributed by atoms with Gasteiger partial charge in [-0.1, -0.05) is 0 Å². The third kappa shape index (κ3) is 3.03. The highest BCUT2D eigenvalue weighted by Crippen LogP contribution is 2.30. The molecule has 0 aliphatic carbocycles. The maximum absolute atomic E-state index is 5.49. The van der Waals surface area contributed by atoms with E-state index in [2.05, 4.69) is 10.6 Å². The quantitative estimate of drug-likeness (QED) is 0.819. The summed E-state index contributed by atoms with van der Waals surface area (Å²) in [6.07, 6.45) is 1.16. The Morgan fingerprint density at radius 3 is 2.94 bits per heavy atom. The van der Waals surface area contributed by atoms with Crippen molar-refractivity contribution in [2.45, 2.75) is 19.4 Å². The summed E-state index contributed by atoms with van der Waals surface area (Å²) in [6, 6.07) is 6.49. The Morgan fingerprint density at radius 2 is 2.29 bits per heavy atom. The van der Waals surface area contributed by atoms with Crippen LogP contribution in [0.25, 0.3) is 0 Å². The molecule has 1 aliphatic rings. The number of hydrogen-bond acceptors (Lipinski definition) is 4. The highest BCUT2D eigenvalue weighted by Gasteiger charge is 2.14. The van der Waals surface area contributed by atoms with Crippen LogP contribution in [-0.2, 0) is 0 Å². The van der Waals surface area contributed by atoms with Gasteiger partial charge in [-0.2, -0.15) is 0 Å². The van der Waals surface area contributed by atoms with Crippen molar-refractivity contribution in [2.24, 2.45) is 0 Å². The van der Waals surface area contributed by atoms with Gasteiger partial charge in [0.05, 0.1) is 13.7 Å². The van der Waals surface area contributed by atoms with Crippen molar-refractivity contribution in [3.05, 3.63) is 18.2 Å². The number of rotatable bonds is 5. The van der Waals surface area contributed by atoms with E-state index >= 15 is 0 Å². The molecule has 1 fully saturated rings. The highest BCUT2D eigenvalue weighted by molar-refractivity contribution is 5.55. The zero-order valence-electron chi connectivity index (χ0n) is 10.5. The van der Waals surface area contributed by atoms with Gasteiger partial charge in [0.15, 0.2) is 11.5 Å². The number of anilines is 1. The smallest absolute Gasteiger partial charge is 0.162 e. The zero-order chi connectivity index (χ0) is 12.1. The first kappa shape index (κ1) is 12.0. The molecule has 0 bridgehead atoms. The van der Waals surface area contributed by atoms with Gasteiger partial charge in [-0.05, 0) is 32.0 Å². The fraction of sp³-hybridized carbons (Fsp3) is 0.538. The zero-order valence-corrected chi connectivity index (χ0v) is 10.5. The predicted molar refractivity (Wildman–Crippen MR) is 69.1 cm³/mol. The van der Waals surface area contributed by atoms with Crippen molar-refractivity contribution in [3.8, 4) is 11.5 Å². The van der Waals surface area contributed by atoms with E-state index in [1.807, 2.05) is 25.1 Å². The molecule has 1 unspecified atom stereocenters. The maximum atomic E-state index is 5.49. The molecule has 4 nitrogen and oxygen atoms in total. The second-order valence-corrected chi connectivity index (χ2v) is 4.13. The number of benzene rings is 1. The van der Waals surface area contributed by atoms with E-state index in [0.717, 1.165) is 36.7 Å². The topological polar surface area (TPSA) is 42.5 Å². The summed E-state index contributed by atoms with van der Waals surface area (Å²) < 4.78 is 10.8. The van der Waals surface area contributed by atoms with Gasteiger partial charge in [0, 0.05) is 24.3 Å². The molecular weight excluding hydrogens is 216 g/mol. The maximum Gasteiger partial charge on any atom is 0.162 e. The lowest BCUT2D eigenvalue weighted by Gasteiger charge is -2.15. The van der Waals surface area contributed by atoms with E-state index in [9.17, 15) is 0 Å². The molecule has 4 heteroatoms. The number of nitrogens with one attached hydrogen (secondary N) is 2. The van der Waals surface area contributed by atoms with Crippen molar-refractivity contribution in [2.75, 3.05) is 32.1 Å². The van der Waals surface area contributed by atoms with E-state index in [1.165, 1.54) is 0 Å². The molecule has 0 radical (unpaired) electrons. The largest absolute Gasteiger partial charge is 0.493 e. The van der Waals surface area contributed by atoms with Crippen molar-refractivity contribution >= 4 is 5.69 Å². The molecule has 2 rings (SSSR count). The van der Waals surface area contributed by atoms with Crippen molar-refractivity contribution in [3.63, 3.8) is 0 Å². The molecule has 2 N–H and O–H groups in total. The van der Waals surface area contributed by atoms with Gasteiger partial charge in [-0.3, -0.25) is 0 Å². The molecule has 1 aliphatic heterocycles. The van der Waals surface area contributed by atoms with Gasteiger partial charge in [0.25, 0.3) is 0 Å².